The molecule has 0 unspecified atom stereocenters. The maximum Gasteiger partial charge on any atom is 0.243 e. The highest BCUT2D eigenvalue weighted by Gasteiger charge is 2.26. The summed E-state index contributed by atoms with van der Waals surface area (Å²) in [4.78, 5) is 0.251. The Balaban J connectivity index is 1.62. The number of sulfonamides is 1. The van der Waals surface area contributed by atoms with E-state index in [1.165, 1.54) is 4.31 Å². The average molecular weight is 447 g/mol. The van der Waals surface area contributed by atoms with Gasteiger partial charge in [-0.1, -0.05) is 43.7 Å². The first kappa shape index (κ1) is 22.4. The smallest absolute Gasteiger partial charge is 0.243 e. The van der Waals surface area contributed by atoms with Crippen molar-refractivity contribution in [3.8, 4) is 0 Å². The zero-order valence-electron chi connectivity index (χ0n) is 16.9. The Bertz CT molecular complexity index is 971. The maximum absolute atomic E-state index is 12.7. The normalized spacial score (nSPS) is 15.6. The molecule has 0 atom stereocenters. The second-order valence-corrected chi connectivity index (χ2v) is 9.13. The Hall–Kier alpha value is -2.33. The molecule has 1 aliphatic rings. The summed E-state index contributed by atoms with van der Waals surface area (Å²) >= 11 is 5.33. The Morgan fingerprint density at radius 2 is 1.77 bits per heavy atom. The number of benzene rings is 2. The summed E-state index contributed by atoms with van der Waals surface area (Å²) in [6.45, 7) is 3.68. The summed E-state index contributed by atoms with van der Waals surface area (Å²) in [5.41, 5.74) is 5.53. The van der Waals surface area contributed by atoms with Crippen LogP contribution in [-0.2, 0) is 14.8 Å². The third-order valence-corrected chi connectivity index (χ3v) is 6.71. The van der Waals surface area contributed by atoms with Gasteiger partial charge in [-0.15, -0.1) is 0 Å². The Kier molecular flexibility index (Phi) is 7.92. The van der Waals surface area contributed by atoms with E-state index in [1.54, 1.807) is 24.3 Å². The lowest BCUT2D eigenvalue weighted by Crippen LogP contribution is -2.40. The average Bonchev–Trinajstić information content (AvgIpc) is 2.78. The van der Waals surface area contributed by atoms with E-state index in [0.29, 0.717) is 37.1 Å². The number of hydrazone groups is 1. The summed E-state index contributed by atoms with van der Waals surface area (Å²) in [6, 6.07) is 16.5. The summed E-state index contributed by atoms with van der Waals surface area (Å²) in [5, 5.41) is 7.82. The molecule has 0 aromatic heterocycles. The molecule has 1 fully saturated rings. The quantitative estimate of drug-likeness (QED) is 0.386. The van der Waals surface area contributed by atoms with Crippen molar-refractivity contribution >= 4 is 38.8 Å². The number of hydrogen-bond donors (Lipinski definition) is 2. The van der Waals surface area contributed by atoms with Gasteiger partial charge in [-0.05, 0) is 48.5 Å². The van der Waals surface area contributed by atoms with E-state index in [1.807, 2.05) is 30.3 Å². The van der Waals surface area contributed by atoms with Gasteiger partial charge < -0.3 is 10.1 Å². The number of rotatable bonds is 7. The number of nitrogens with zero attached hydrogens (tertiary/aromatic N) is 2. The molecule has 0 bridgehead atoms. The molecule has 1 heterocycles. The van der Waals surface area contributed by atoms with Gasteiger partial charge in [0.05, 0.1) is 23.8 Å². The summed E-state index contributed by atoms with van der Waals surface area (Å²) in [6.07, 6.45) is 1.79. The largest absolute Gasteiger partial charge is 0.379 e. The van der Waals surface area contributed by atoms with Gasteiger partial charge >= 0.3 is 0 Å². The van der Waals surface area contributed by atoms with Crippen LogP contribution in [0.15, 0.2) is 64.6 Å². The van der Waals surface area contributed by atoms with E-state index in [9.17, 15) is 8.42 Å². The first-order valence-electron chi connectivity index (χ1n) is 9.87. The minimum absolute atomic E-state index is 0.251. The minimum Gasteiger partial charge on any atom is -0.379 e. The molecule has 0 spiro atoms. The standard InChI is InChI=1S/C21H26N4O3S2/c1-2-6-20(17-7-4-3-5-8-17)23-24-21(29)22-18-9-11-19(12-10-18)30(26,27)25-13-15-28-16-14-25/h3-5,7-12H,2,6,13-16H2,1H3,(H2,22,24,29)/b23-20-. The molecular weight excluding hydrogens is 420 g/mol. The molecule has 0 saturated carbocycles. The molecule has 7 nitrogen and oxygen atoms in total. The Morgan fingerprint density at radius 1 is 1.10 bits per heavy atom. The first-order chi connectivity index (χ1) is 14.5. The SMILES string of the molecule is CCC/C(=N/NC(=S)Nc1ccc(S(=O)(=O)N2CCOCC2)cc1)c1ccccc1. The van der Waals surface area contributed by atoms with Crippen molar-refractivity contribution in [2.45, 2.75) is 24.7 Å². The number of anilines is 1. The van der Waals surface area contributed by atoms with Crippen molar-refractivity contribution in [2.24, 2.45) is 5.10 Å². The molecule has 0 aliphatic carbocycles. The molecule has 0 radical (unpaired) electrons. The van der Waals surface area contributed by atoms with Crippen LogP contribution < -0.4 is 10.7 Å². The molecule has 160 valence electrons. The lowest BCUT2D eigenvalue weighted by atomic mass is 10.1. The second kappa shape index (κ2) is 10.6. The molecule has 1 aliphatic heterocycles. The molecule has 9 heteroatoms. The fourth-order valence-corrected chi connectivity index (χ4v) is 4.63. The van der Waals surface area contributed by atoms with Crippen LogP contribution in [0.1, 0.15) is 25.3 Å². The summed E-state index contributed by atoms with van der Waals surface area (Å²) in [5.74, 6) is 0. The van der Waals surface area contributed by atoms with Gasteiger partial charge in [-0.25, -0.2) is 8.42 Å². The molecule has 2 aromatic carbocycles. The highest BCUT2D eigenvalue weighted by Crippen LogP contribution is 2.19. The number of nitrogens with one attached hydrogen (secondary N) is 2. The first-order valence-corrected chi connectivity index (χ1v) is 11.7. The summed E-state index contributed by atoms with van der Waals surface area (Å²) in [7, 11) is -3.51. The van der Waals surface area contributed by atoms with E-state index in [2.05, 4.69) is 22.8 Å². The van der Waals surface area contributed by atoms with Crippen LogP contribution in [0.3, 0.4) is 0 Å². The van der Waals surface area contributed by atoms with Gasteiger partial charge in [0.2, 0.25) is 10.0 Å². The number of morpholine rings is 1. The fraction of sp³-hybridized carbons (Fsp3) is 0.333. The molecule has 3 rings (SSSR count). The van der Waals surface area contributed by atoms with Gasteiger partial charge in [-0.3, -0.25) is 5.43 Å². The minimum atomic E-state index is -3.51. The third-order valence-electron chi connectivity index (χ3n) is 4.61. The van der Waals surface area contributed by atoms with Crippen molar-refractivity contribution in [2.75, 3.05) is 31.6 Å². The van der Waals surface area contributed by atoms with Gasteiger partial charge in [0.1, 0.15) is 0 Å². The zero-order chi connectivity index (χ0) is 21.4. The van der Waals surface area contributed by atoms with E-state index in [4.69, 9.17) is 17.0 Å². The monoisotopic (exact) mass is 446 g/mol. The lowest BCUT2D eigenvalue weighted by molar-refractivity contribution is 0.0730. The summed E-state index contributed by atoms with van der Waals surface area (Å²) < 4.78 is 32.0. The van der Waals surface area contributed by atoms with E-state index in [0.717, 1.165) is 24.1 Å². The van der Waals surface area contributed by atoms with Crippen LogP contribution in [-0.4, -0.2) is 49.9 Å². The van der Waals surface area contributed by atoms with Crippen molar-refractivity contribution in [3.63, 3.8) is 0 Å². The number of thiocarbonyl (C=S) groups is 1. The predicted octanol–water partition coefficient (Wildman–Crippen LogP) is 3.20. The molecular formula is C21H26N4O3S2. The molecule has 0 amide bonds. The Labute approximate surface area is 183 Å². The molecule has 1 saturated heterocycles. The van der Waals surface area contributed by atoms with Crippen molar-refractivity contribution < 1.29 is 13.2 Å². The second-order valence-electron chi connectivity index (χ2n) is 6.78. The predicted molar refractivity (Wildman–Crippen MR) is 123 cm³/mol. The zero-order valence-corrected chi connectivity index (χ0v) is 18.5. The van der Waals surface area contributed by atoms with Crippen molar-refractivity contribution in [1.82, 2.24) is 9.73 Å². The molecule has 2 aromatic rings. The maximum atomic E-state index is 12.7. The fourth-order valence-electron chi connectivity index (χ4n) is 3.06. The Morgan fingerprint density at radius 3 is 2.40 bits per heavy atom. The lowest BCUT2D eigenvalue weighted by Gasteiger charge is -2.26. The van der Waals surface area contributed by atoms with Crippen LogP contribution in [0.4, 0.5) is 5.69 Å². The number of hydrogen-bond acceptors (Lipinski definition) is 5. The van der Waals surface area contributed by atoms with Gasteiger partial charge in [0.25, 0.3) is 0 Å². The van der Waals surface area contributed by atoms with Gasteiger partial charge in [0, 0.05) is 18.8 Å². The van der Waals surface area contributed by atoms with Crippen LogP contribution in [0.2, 0.25) is 0 Å². The van der Waals surface area contributed by atoms with Gasteiger partial charge in [-0.2, -0.15) is 9.41 Å². The topological polar surface area (TPSA) is 83.0 Å². The highest BCUT2D eigenvalue weighted by atomic mass is 32.2. The third kappa shape index (κ3) is 5.85. The van der Waals surface area contributed by atoms with Crippen LogP contribution in [0.25, 0.3) is 0 Å². The number of ether oxygens (including phenoxy) is 1. The van der Waals surface area contributed by atoms with Crippen molar-refractivity contribution in [1.29, 1.82) is 0 Å². The van der Waals surface area contributed by atoms with Crippen LogP contribution >= 0.6 is 12.2 Å². The van der Waals surface area contributed by atoms with Crippen LogP contribution in [0.5, 0.6) is 0 Å². The van der Waals surface area contributed by atoms with E-state index < -0.39 is 10.0 Å². The van der Waals surface area contributed by atoms with Crippen LogP contribution in [0, 0.1) is 0 Å². The highest BCUT2D eigenvalue weighted by molar-refractivity contribution is 7.89. The molecule has 2 N–H and O–H groups in total. The van der Waals surface area contributed by atoms with Gasteiger partial charge in [0.15, 0.2) is 5.11 Å². The van der Waals surface area contributed by atoms with Crippen molar-refractivity contribution in [3.05, 3.63) is 60.2 Å². The van der Waals surface area contributed by atoms with E-state index >= 15 is 0 Å². The molecule has 30 heavy (non-hydrogen) atoms. The van der Waals surface area contributed by atoms with E-state index in [-0.39, 0.29) is 4.90 Å².